The molecule has 0 bridgehead atoms. The molecule has 0 spiro atoms. The van der Waals surface area contributed by atoms with Gasteiger partial charge in [-0.3, -0.25) is 4.90 Å². The largest absolute Gasteiger partial charge is 0.434 e. The third-order valence-electron chi connectivity index (χ3n) is 4.88. The summed E-state index contributed by atoms with van der Waals surface area (Å²) in [5, 5.41) is 4.66. The van der Waals surface area contributed by atoms with Crippen LogP contribution in [0.2, 0.25) is 5.02 Å². The lowest BCUT2D eigenvalue weighted by Gasteiger charge is -2.35. The average molecular weight is 485 g/mol. The summed E-state index contributed by atoms with van der Waals surface area (Å²) >= 11 is 5.95. The van der Waals surface area contributed by atoms with Crippen molar-refractivity contribution in [2.75, 3.05) is 26.2 Å². The molecule has 0 atom stereocenters. The highest BCUT2D eigenvalue weighted by Crippen LogP contribution is 2.36. The first-order valence-corrected chi connectivity index (χ1v) is 9.84. The Hall–Kier alpha value is -2.47. The molecule has 0 N–H and O–H groups in total. The van der Waals surface area contributed by atoms with Crippen molar-refractivity contribution in [3.8, 4) is 5.69 Å². The Balaban J connectivity index is 1.63. The minimum atomic E-state index is -5.74. The molecule has 176 valence electrons. The van der Waals surface area contributed by atoms with Gasteiger partial charge in [0.2, 0.25) is 0 Å². The van der Waals surface area contributed by atoms with Gasteiger partial charge in [0.25, 0.3) is 6.10 Å². The van der Waals surface area contributed by atoms with Crippen LogP contribution in [0.4, 0.5) is 31.1 Å². The molecule has 6 nitrogen and oxygen atoms in total. The van der Waals surface area contributed by atoms with E-state index >= 15 is 0 Å². The molecule has 1 aromatic carbocycles. The number of nitrogens with zero attached hydrogens (tertiary/aromatic N) is 4. The van der Waals surface area contributed by atoms with E-state index < -0.39 is 24.5 Å². The summed E-state index contributed by atoms with van der Waals surface area (Å²) < 4.78 is 81.1. The topological polar surface area (TPSA) is 50.6 Å². The molecule has 1 aliphatic heterocycles. The number of alkyl halides is 6. The maximum Gasteiger partial charge on any atom is 0.434 e. The van der Waals surface area contributed by atoms with Gasteiger partial charge in [0, 0.05) is 38.9 Å². The van der Waals surface area contributed by atoms with Crippen LogP contribution in [-0.2, 0) is 11.3 Å². The third kappa shape index (κ3) is 5.85. The van der Waals surface area contributed by atoms with Crippen molar-refractivity contribution in [2.24, 2.45) is 0 Å². The number of benzene rings is 1. The molecule has 0 radical (unpaired) electrons. The molecule has 32 heavy (non-hydrogen) atoms. The van der Waals surface area contributed by atoms with E-state index in [0.717, 1.165) is 21.7 Å². The van der Waals surface area contributed by atoms with E-state index in [1.165, 1.54) is 6.20 Å². The number of piperazine rings is 1. The maximum atomic E-state index is 12.6. The number of carbonyl (C=O) groups excluding carboxylic acids is 1. The Morgan fingerprint density at radius 1 is 1.12 bits per heavy atom. The number of hydrogen-bond donors (Lipinski definition) is 0. The van der Waals surface area contributed by atoms with Crippen LogP contribution >= 0.6 is 11.6 Å². The minimum Gasteiger partial charge on any atom is -0.426 e. The van der Waals surface area contributed by atoms with Gasteiger partial charge in [0.05, 0.1) is 16.9 Å². The predicted octanol–water partition coefficient (Wildman–Crippen LogP) is 4.58. The van der Waals surface area contributed by atoms with E-state index in [9.17, 15) is 31.1 Å². The van der Waals surface area contributed by atoms with E-state index in [1.54, 1.807) is 10.9 Å². The van der Waals surface area contributed by atoms with Crippen molar-refractivity contribution in [1.29, 1.82) is 0 Å². The zero-order chi connectivity index (χ0) is 23.7. The second-order valence-electron chi connectivity index (χ2n) is 7.35. The molecule has 1 fully saturated rings. The summed E-state index contributed by atoms with van der Waals surface area (Å²) in [4.78, 5) is 14.7. The highest BCUT2D eigenvalue weighted by Gasteiger charge is 2.60. The summed E-state index contributed by atoms with van der Waals surface area (Å²) in [6.07, 6.45) is -14.2. The summed E-state index contributed by atoms with van der Waals surface area (Å²) in [6, 6.07) is 5.73. The standard InChI is InChI=1S/C19H19ClF6N4O2/c1-12-2-3-13(15(8-12)30-11-14(20)9-27-30)10-28-4-6-29(7-5-28)17(31)32-16(18(21,22)23)19(24,25)26/h2-3,8-9,11,16H,4-7,10H2,1H3. The molecule has 2 heterocycles. The van der Waals surface area contributed by atoms with Crippen LogP contribution in [0, 0.1) is 6.92 Å². The Morgan fingerprint density at radius 3 is 2.28 bits per heavy atom. The molecular weight excluding hydrogens is 466 g/mol. The number of amides is 1. The number of aromatic nitrogens is 2. The van der Waals surface area contributed by atoms with Gasteiger partial charge >= 0.3 is 18.4 Å². The van der Waals surface area contributed by atoms with E-state index in [1.807, 2.05) is 30.0 Å². The van der Waals surface area contributed by atoms with Gasteiger partial charge in [0.1, 0.15) is 0 Å². The number of rotatable bonds is 4. The molecule has 0 saturated carbocycles. The van der Waals surface area contributed by atoms with Crippen LogP contribution in [0.1, 0.15) is 11.1 Å². The minimum absolute atomic E-state index is 0.0734. The predicted molar refractivity (Wildman–Crippen MR) is 103 cm³/mol. The third-order valence-corrected chi connectivity index (χ3v) is 5.07. The second kappa shape index (κ2) is 9.18. The Bertz CT molecular complexity index is 940. The van der Waals surface area contributed by atoms with Gasteiger partial charge in [-0.15, -0.1) is 0 Å². The van der Waals surface area contributed by atoms with Gasteiger partial charge in [-0.25, -0.2) is 9.48 Å². The van der Waals surface area contributed by atoms with Crippen LogP contribution in [0.3, 0.4) is 0 Å². The fourth-order valence-electron chi connectivity index (χ4n) is 3.28. The first kappa shape index (κ1) is 24.2. The Kier molecular flexibility index (Phi) is 6.94. The normalized spacial score (nSPS) is 16.0. The molecule has 1 aliphatic rings. The highest BCUT2D eigenvalue weighted by atomic mass is 35.5. The van der Waals surface area contributed by atoms with Crippen molar-refractivity contribution in [3.63, 3.8) is 0 Å². The summed E-state index contributed by atoms with van der Waals surface area (Å²) in [5.74, 6) is 0. The van der Waals surface area contributed by atoms with E-state index in [2.05, 4.69) is 9.84 Å². The quantitative estimate of drug-likeness (QED) is 0.596. The lowest BCUT2D eigenvalue weighted by Crippen LogP contribution is -2.52. The van der Waals surface area contributed by atoms with Crippen molar-refractivity contribution in [2.45, 2.75) is 31.9 Å². The molecule has 3 rings (SSSR count). The van der Waals surface area contributed by atoms with Gasteiger partial charge < -0.3 is 9.64 Å². The van der Waals surface area contributed by atoms with Crippen molar-refractivity contribution in [1.82, 2.24) is 19.6 Å². The van der Waals surface area contributed by atoms with E-state index in [0.29, 0.717) is 11.6 Å². The van der Waals surface area contributed by atoms with Crippen LogP contribution in [0.15, 0.2) is 30.6 Å². The Labute approximate surface area is 184 Å². The number of halogens is 7. The number of carbonyl (C=O) groups is 1. The van der Waals surface area contributed by atoms with Crippen molar-refractivity contribution < 1.29 is 35.9 Å². The first-order chi connectivity index (χ1) is 14.8. The van der Waals surface area contributed by atoms with Crippen LogP contribution in [0.25, 0.3) is 5.69 Å². The Morgan fingerprint density at radius 2 is 1.75 bits per heavy atom. The van der Waals surface area contributed by atoms with Gasteiger partial charge in [-0.1, -0.05) is 23.7 Å². The number of ether oxygens (including phenoxy) is 1. The molecule has 1 aromatic heterocycles. The molecule has 1 amide bonds. The van der Waals surface area contributed by atoms with Gasteiger partial charge in [0.15, 0.2) is 0 Å². The fraction of sp³-hybridized carbons (Fsp3) is 0.474. The zero-order valence-corrected chi connectivity index (χ0v) is 17.5. The summed E-state index contributed by atoms with van der Waals surface area (Å²) in [6.45, 7) is 2.68. The van der Waals surface area contributed by atoms with Crippen LogP contribution in [-0.4, -0.2) is 70.3 Å². The smallest absolute Gasteiger partial charge is 0.426 e. The molecular formula is C19H19ClF6N4O2. The number of hydrogen-bond acceptors (Lipinski definition) is 4. The average Bonchev–Trinajstić information content (AvgIpc) is 3.12. The molecule has 13 heteroatoms. The van der Waals surface area contributed by atoms with Crippen molar-refractivity contribution >= 4 is 17.7 Å². The van der Waals surface area contributed by atoms with Crippen molar-refractivity contribution in [3.05, 3.63) is 46.7 Å². The monoisotopic (exact) mass is 484 g/mol. The zero-order valence-electron chi connectivity index (χ0n) is 16.8. The second-order valence-corrected chi connectivity index (χ2v) is 7.78. The lowest BCUT2D eigenvalue weighted by molar-refractivity contribution is -0.308. The van der Waals surface area contributed by atoms with Crippen LogP contribution < -0.4 is 0 Å². The summed E-state index contributed by atoms with van der Waals surface area (Å²) in [7, 11) is 0. The molecule has 0 unspecified atom stereocenters. The van der Waals surface area contributed by atoms with Crippen LogP contribution in [0.5, 0.6) is 0 Å². The lowest BCUT2D eigenvalue weighted by atomic mass is 10.1. The van der Waals surface area contributed by atoms with Gasteiger partial charge in [-0.05, 0) is 24.1 Å². The molecule has 1 saturated heterocycles. The van der Waals surface area contributed by atoms with Gasteiger partial charge in [-0.2, -0.15) is 31.4 Å². The number of aryl methyl sites for hydroxylation is 1. The maximum absolute atomic E-state index is 12.6. The highest BCUT2D eigenvalue weighted by molar-refractivity contribution is 6.30. The molecule has 0 aliphatic carbocycles. The van der Waals surface area contributed by atoms with E-state index in [-0.39, 0.29) is 26.2 Å². The van der Waals surface area contributed by atoms with E-state index in [4.69, 9.17) is 11.6 Å². The first-order valence-electron chi connectivity index (χ1n) is 9.46. The SMILES string of the molecule is Cc1ccc(CN2CCN(C(=O)OC(C(F)(F)F)C(F)(F)F)CC2)c(-n2cc(Cl)cn2)c1. The fourth-order valence-corrected chi connectivity index (χ4v) is 3.41. The molecule has 2 aromatic rings. The summed E-state index contributed by atoms with van der Waals surface area (Å²) in [5.41, 5.74) is 2.67.